The molecular formula is C17H14F3NO5. The predicted molar refractivity (Wildman–Crippen MR) is 84.8 cm³/mol. The summed E-state index contributed by atoms with van der Waals surface area (Å²) < 4.78 is 48.2. The lowest BCUT2D eigenvalue weighted by Crippen LogP contribution is -2.23. The first-order valence-corrected chi connectivity index (χ1v) is 7.34. The third-order valence-electron chi connectivity index (χ3n) is 3.38. The molecule has 6 nitrogen and oxygen atoms in total. The predicted octanol–water partition coefficient (Wildman–Crippen LogP) is 3.07. The smallest absolute Gasteiger partial charge is 0.418 e. The summed E-state index contributed by atoms with van der Waals surface area (Å²) in [5.74, 6) is -1.85. The molecule has 1 aromatic heterocycles. The van der Waals surface area contributed by atoms with Crippen LogP contribution in [0, 0.1) is 13.8 Å². The van der Waals surface area contributed by atoms with Crippen LogP contribution in [0.4, 0.5) is 18.9 Å². The topological polar surface area (TPSA) is 85.6 Å². The Hall–Kier alpha value is -3.10. The van der Waals surface area contributed by atoms with E-state index in [4.69, 9.17) is 9.15 Å². The Morgan fingerprint density at radius 1 is 1.19 bits per heavy atom. The highest BCUT2D eigenvalue weighted by Gasteiger charge is 2.33. The molecule has 2 rings (SSSR count). The van der Waals surface area contributed by atoms with Gasteiger partial charge in [-0.1, -0.05) is 12.1 Å². The molecule has 0 aliphatic heterocycles. The van der Waals surface area contributed by atoms with E-state index >= 15 is 0 Å². The molecule has 0 aliphatic rings. The number of hydrogen-bond donors (Lipinski definition) is 1. The lowest BCUT2D eigenvalue weighted by Gasteiger charge is -2.13. The maximum atomic E-state index is 12.9. The van der Waals surface area contributed by atoms with E-state index in [9.17, 15) is 27.6 Å². The summed E-state index contributed by atoms with van der Waals surface area (Å²) in [6.07, 6.45) is -4.64. The molecular weight excluding hydrogens is 355 g/mol. The van der Waals surface area contributed by atoms with Gasteiger partial charge in [0.25, 0.3) is 5.91 Å². The second-order valence-electron chi connectivity index (χ2n) is 5.35. The van der Waals surface area contributed by atoms with E-state index in [1.165, 1.54) is 26.0 Å². The van der Waals surface area contributed by atoms with Crippen LogP contribution < -0.4 is 10.9 Å². The van der Waals surface area contributed by atoms with Crippen molar-refractivity contribution in [2.75, 3.05) is 11.9 Å². The number of rotatable bonds is 4. The van der Waals surface area contributed by atoms with Crippen LogP contribution in [-0.4, -0.2) is 18.5 Å². The lowest BCUT2D eigenvalue weighted by molar-refractivity contribution is -0.137. The second kappa shape index (κ2) is 7.42. The van der Waals surface area contributed by atoms with Crippen molar-refractivity contribution in [3.8, 4) is 0 Å². The highest BCUT2D eigenvalue weighted by molar-refractivity contribution is 5.96. The Kier molecular flexibility index (Phi) is 5.49. The van der Waals surface area contributed by atoms with Crippen LogP contribution in [-0.2, 0) is 15.7 Å². The number of amides is 1. The van der Waals surface area contributed by atoms with Crippen molar-refractivity contribution < 1.29 is 31.9 Å². The molecule has 0 bridgehead atoms. The van der Waals surface area contributed by atoms with Crippen LogP contribution in [0.2, 0.25) is 0 Å². The molecule has 0 radical (unpaired) electrons. The summed E-state index contributed by atoms with van der Waals surface area (Å²) in [4.78, 5) is 35.1. The van der Waals surface area contributed by atoms with Crippen LogP contribution in [0.25, 0.3) is 0 Å². The van der Waals surface area contributed by atoms with Crippen LogP contribution in [0.15, 0.2) is 39.5 Å². The van der Waals surface area contributed by atoms with Crippen molar-refractivity contribution in [3.05, 3.63) is 63.2 Å². The molecule has 0 atom stereocenters. The molecule has 0 aliphatic carbocycles. The minimum Gasteiger partial charge on any atom is -0.452 e. The Balaban J connectivity index is 2.07. The summed E-state index contributed by atoms with van der Waals surface area (Å²) in [6.45, 7) is 2.06. The van der Waals surface area contributed by atoms with E-state index in [0.717, 1.165) is 18.2 Å². The van der Waals surface area contributed by atoms with Gasteiger partial charge >= 0.3 is 17.8 Å². The zero-order valence-corrected chi connectivity index (χ0v) is 13.8. The van der Waals surface area contributed by atoms with Crippen LogP contribution in [0.5, 0.6) is 0 Å². The van der Waals surface area contributed by atoms with Gasteiger partial charge < -0.3 is 14.5 Å². The molecule has 0 saturated heterocycles. The molecule has 1 heterocycles. The first kappa shape index (κ1) is 19.2. The largest absolute Gasteiger partial charge is 0.452 e. The highest BCUT2D eigenvalue weighted by Crippen LogP contribution is 2.34. The number of benzene rings is 1. The average molecular weight is 369 g/mol. The van der Waals surface area contributed by atoms with Crippen LogP contribution in [0.1, 0.15) is 27.2 Å². The summed E-state index contributed by atoms with van der Waals surface area (Å²) in [5, 5.41) is 2.05. The Labute approximate surface area is 145 Å². The molecule has 1 N–H and O–H groups in total. The van der Waals surface area contributed by atoms with Crippen molar-refractivity contribution in [2.45, 2.75) is 20.0 Å². The van der Waals surface area contributed by atoms with Crippen molar-refractivity contribution >= 4 is 17.6 Å². The first-order valence-electron chi connectivity index (χ1n) is 7.34. The Morgan fingerprint density at radius 3 is 2.46 bits per heavy atom. The number of halogens is 3. The van der Waals surface area contributed by atoms with Gasteiger partial charge in [-0.3, -0.25) is 4.79 Å². The van der Waals surface area contributed by atoms with Crippen LogP contribution in [0.3, 0.4) is 0 Å². The van der Waals surface area contributed by atoms with Crippen LogP contribution >= 0.6 is 0 Å². The fraction of sp³-hybridized carbons (Fsp3) is 0.235. The number of aryl methyl sites for hydroxylation is 2. The minimum atomic E-state index is -4.64. The monoisotopic (exact) mass is 369 g/mol. The van der Waals surface area contributed by atoms with Gasteiger partial charge in [0, 0.05) is 6.07 Å². The van der Waals surface area contributed by atoms with E-state index in [1.807, 2.05) is 0 Å². The van der Waals surface area contributed by atoms with Gasteiger partial charge in [-0.25, -0.2) is 9.59 Å². The molecule has 138 valence electrons. The molecule has 0 saturated carbocycles. The number of esters is 1. The molecule has 0 unspecified atom stereocenters. The Bertz CT molecular complexity index is 876. The molecule has 0 spiro atoms. The maximum absolute atomic E-state index is 12.9. The van der Waals surface area contributed by atoms with Crippen molar-refractivity contribution in [2.24, 2.45) is 0 Å². The summed E-state index contributed by atoms with van der Waals surface area (Å²) in [7, 11) is 0. The third kappa shape index (κ3) is 4.50. The fourth-order valence-electron chi connectivity index (χ4n) is 2.29. The van der Waals surface area contributed by atoms with E-state index in [2.05, 4.69) is 5.32 Å². The molecule has 1 amide bonds. The van der Waals surface area contributed by atoms with Gasteiger partial charge in [0.15, 0.2) is 6.61 Å². The Morgan fingerprint density at radius 2 is 1.85 bits per heavy atom. The van der Waals surface area contributed by atoms with Crippen molar-refractivity contribution in [3.63, 3.8) is 0 Å². The summed E-state index contributed by atoms with van der Waals surface area (Å²) in [6, 6.07) is 5.51. The SMILES string of the molecule is Cc1cc(=O)oc(C)c1C(=O)OCC(=O)Nc1ccccc1C(F)(F)F. The molecule has 0 fully saturated rings. The third-order valence-corrected chi connectivity index (χ3v) is 3.38. The first-order chi connectivity index (χ1) is 12.1. The van der Waals surface area contributed by atoms with Gasteiger partial charge in [-0.05, 0) is 31.5 Å². The fourth-order valence-corrected chi connectivity index (χ4v) is 2.29. The van der Waals surface area contributed by atoms with Crippen molar-refractivity contribution in [1.29, 1.82) is 0 Å². The molecule has 1 aromatic carbocycles. The lowest BCUT2D eigenvalue weighted by atomic mass is 10.1. The van der Waals surface area contributed by atoms with Crippen molar-refractivity contribution in [1.82, 2.24) is 0 Å². The van der Waals surface area contributed by atoms with Gasteiger partial charge in [-0.2, -0.15) is 13.2 Å². The van der Waals surface area contributed by atoms with Gasteiger partial charge in [-0.15, -0.1) is 0 Å². The average Bonchev–Trinajstić information content (AvgIpc) is 2.51. The molecule has 9 heteroatoms. The number of ether oxygens (including phenoxy) is 1. The number of hydrogen-bond acceptors (Lipinski definition) is 5. The zero-order valence-electron chi connectivity index (χ0n) is 13.8. The minimum absolute atomic E-state index is 0.0165. The number of carbonyl (C=O) groups excluding carboxylic acids is 2. The molecule has 2 aromatic rings. The van der Waals surface area contributed by atoms with E-state index in [0.29, 0.717) is 5.56 Å². The van der Waals surface area contributed by atoms with E-state index in [-0.39, 0.29) is 11.3 Å². The number of para-hydroxylation sites is 1. The summed E-state index contributed by atoms with van der Waals surface area (Å²) in [5.41, 5.74) is -1.83. The van der Waals surface area contributed by atoms with E-state index < -0.39 is 41.5 Å². The van der Waals surface area contributed by atoms with Gasteiger partial charge in [0.2, 0.25) is 0 Å². The number of carbonyl (C=O) groups is 2. The quantitative estimate of drug-likeness (QED) is 0.837. The number of anilines is 1. The number of nitrogens with one attached hydrogen (secondary N) is 1. The molecule has 26 heavy (non-hydrogen) atoms. The number of alkyl halides is 3. The normalized spacial score (nSPS) is 11.1. The second-order valence-corrected chi connectivity index (χ2v) is 5.35. The zero-order chi connectivity index (χ0) is 19.5. The maximum Gasteiger partial charge on any atom is 0.418 e. The van der Waals surface area contributed by atoms with Gasteiger partial charge in [0.1, 0.15) is 11.3 Å². The summed E-state index contributed by atoms with van der Waals surface area (Å²) >= 11 is 0. The van der Waals surface area contributed by atoms with E-state index in [1.54, 1.807) is 0 Å². The van der Waals surface area contributed by atoms with Gasteiger partial charge in [0.05, 0.1) is 11.3 Å². The standard InChI is InChI=1S/C17H14F3NO5/c1-9-7-14(23)26-10(2)15(9)16(24)25-8-13(22)21-12-6-4-3-5-11(12)17(18,19)20/h3-7H,8H2,1-2H3,(H,21,22). The highest BCUT2D eigenvalue weighted by atomic mass is 19.4.